The van der Waals surface area contributed by atoms with E-state index in [1.165, 1.54) is 0 Å². The Morgan fingerprint density at radius 1 is 1.44 bits per heavy atom. The van der Waals surface area contributed by atoms with Crippen LogP contribution in [-0.4, -0.2) is 10.9 Å². The van der Waals surface area contributed by atoms with E-state index >= 15 is 0 Å². The van der Waals surface area contributed by atoms with Gasteiger partial charge < -0.3 is 11.1 Å². The molecule has 0 bridgehead atoms. The number of hydrogen-bond donors (Lipinski definition) is 2. The van der Waals surface area contributed by atoms with Crippen LogP contribution in [-0.2, 0) is 11.3 Å². The fourth-order valence-electron chi connectivity index (χ4n) is 1.51. The second-order valence-electron chi connectivity index (χ2n) is 3.76. The summed E-state index contributed by atoms with van der Waals surface area (Å²) in [6.45, 7) is 4.49. The number of aromatic nitrogens is 1. The SMILES string of the molecule is CCC(CC)C(=O)Nc1ccc(CN)cn1. The van der Waals surface area contributed by atoms with E-state index in [1.54, 1.807) is 12.3 Å². The Morgan fingerprint density at radius 3 is 2.56 bits per heavy atom. The van der Waals surface area contributed by atoms with Gasteiger partial charge in [0.15, 0.2) is 0 Å². The van der Waals surface area contributed by atoms with Gasteiger partial charge in [-0.3, -0.25) is 4.79 Å². The summed E-state index contributed by atoms with van der Waals surface area (Å²) in [5.74, 6) is 0.697. The highest BCUT2D eigenvalue weighted by atomic mass is 16.1. The highest BCUT2D eigenvalue weighted by Crippen LogP contribution is 2.11. The van der Waals surface area contributed by atoms with Gasteiger partial charge in [-0.25, -0.2) is 4.98 Å². The first kappa shape index (κ1) is 12.6. The van der Waals surface area contributed by atoms with Crippen LogP contribution in [0.25, 0.3) is 0 Å². The molecule has 0 saturated carbocycles. The quantitative estimate of drug-likeness (QED) is 0.798. The molecule has 0 saturated heterocycles. The van der Waals surface area contributed by atoms with Gasteiger partial charge in [0.25, 0.3) is 0 Å². The maximum Gasteiger partial charge on any atom is 0.228 e. The first-order valence-electron chi connectivity index (χ1n) is 5.67. The molecule has 0 spiro atoms. The third-order valence-electron chi connectivity index (χ3n) is 2.67. The van der Waals surface area contributed by atoms with Crippen molar-refractivity contribution in [3.05, 3.63) is 23.9 Å². The van der Waals surface area contributed by atoms with Crippen molar-refractivity contribution in [1.82, 2.24) is 4.98 Å². The van der Waals surface area contributed by atoms with Crippen LogP contribution < -0.4 is 11.1 Å². The molecule has 4 heteroatoms. The van der Waals surface area contributed by atoms with Crippen molar-refractivity contribution in [2.45, 2.75) is 33.2 Å². The van der Waals surface area contributed by atoms with Crippen LogP contribution in [0, 0.1) is 5.92 Å². The molecule has 1 aromatic heterocycles. The van der Waals surface area contributed by atoms with Gasteiger partial charge in [-0.05, 0) is 24.5 Å². The molecule has 0 fully saturated rings. The lowest BCUT2D eigenvalue weighted by Crippen LogP contribution is -2.22. The maximum absolute atomic E-state index is 11.8. The van der Waals surface area contributed by atoms with Gasteiger partial charge in [-0.15, -0.1) is 0 Å². The number of amides is 1. The standard InChI is InChI=1S/C12H19N3O/c1-3-10(4-2)12(16)15-11-6-5-9(7-13)8-14-11/h5-6,8,10H,3-4,7,13H2,1-2H3,(H,14,15,16). The van der Waals surface area contributed by atoms with E-state index in [1.807, 2.05) is 19.9 Å². The smallest absolute Gasteiger partial charge is 0.228 e. The first-order valence-corrected chi connectivity index (χ1v) is 5.67. The summed E-state index contributed by atoms with van der Waals surface area (Å²) < 4.78 is 0. The molecule has 0 atom stereocenters. The second-order valence-corrected chi connectivity index (χ2v) is 3.76. The number of anilines is 1. The fourth-order valence-corrected chi connectivity index (χ4v) is 1.51. The van der Waals surface area contributed by atoms with Crippen LogP contribution in [0.2, 0.25) is 0 Å². The minimum atomic E-state index is 0.0398. The lowest BCUT2D eigenvalue weighted by molar-refractivity contribution is -0.120. The average Bonchev–Trinajstić information content (AvgIpc) is 2.31. The topological polar surface area (TPSA) is 68.0 Å². The molecular weight excluding hydrogens is 202 g/mol. The van der Waals surface area contributed by atoms with Crippen LogP contribution in [0.5, 0.6) is 0 Å². The zero-order valence-corrected chi connectivity index (χ0v) is 9.86. The van der Waals surface area contributed by atoms with Crippen molar-refractivity contribution in [1.29, 1.82) is 0 Å². The molecule has 0 aliphatic rings. The summed E-state index contributed by atoms with van der Waals surface area (Å²) >= 11 is 0. The number of rotatable bonds is 5. The predicted molar refractivity (Wildman–Crippen MR) is 64.8 cm³/mol. The molecule has 3 N–H and O–H groups in total. The Hall–Kier alpha value is -1.42. The number of nitrogens with two attached hydrogens (primary N) is 1. The number of nitrogens with zero attached hydrogens (tertiary/aromatic N) is 1. The van der Waals surface area contributed by atoms with Crippen molar-refractivity contribution in [3.8, 4) is 0 Å². The summed E-state index contributed by atoms with van der Waals surface area (Å²) in [5.41, 5.74) is 6.42. The molecule has 1 amide bonds. The highest BCUT2D eigenvalue weighted by molar-refractivity contribution is 5.91. The molecule has 16 heavy (non-hydrogen) atoms. The third kappa shape index (κ3) is 3.31. The number of carbonyl (C=O) groups excluding carboxylic acids is 1. The summed E-state index contributed by atoms with van der Waals surface area (Å²) in [4.78, 5) is 15.9. The molecule has 4 nitrogen and oxygen atoms in total. The fraction of sp³-hybridized carbons (Fsp3) is 0.500. The molecule has 0 unspecified atom stereocenters. The van der Waals surface area contributed by atoms with Crippen molar-refractivity contribution in [2.75, 3.05) is 5.32 Å². The zero-order chi connectivity index (χ0) is 12.0. The second kappa shape index (κ2) is 6.23. The summed E-state index contributed by atoms with van der Waals surface area (Å²) in [5, 5.41) is 2.80. The van der Waals surface area contributed by atoms with Crippen molar-refractivity contribution >= 4 is 11.7 Å². The van der Waals surface area contributed by atoms with E-state index in [9.17, 15) is 4.79 Å². The van der Waals surface area contributed by atoms with Gasteiger partial charge in [-0.1, -0.05) is 19.9 Å². The third-order valence-corrected chi connectivity index (χ3v) is 2.67. The van der Waals surface area contributed by atoms with Crippen LogP contribution in [0.15, 0.2) is 18.3 Å². The van der Waals surface area contributed by atoms with Gasteiger partial charge in [0.05, 0.1) is 0 Å². The molecule has 1 heterocycles. The molecular formula is C12H19N3O. The van der Waals surface area contributed by atoms with Crippen LogP contribution in [0.4, 0.5) is 5.82 Å². The summed E-state index contributed by atoms with van der Waals surface area (Å²) in [6.07, 6.45) is 3.38. The molecule has 0 aliphatic heterocycles. The van der Waals surface area contributed by atoms with E-state index in [4.69, 9.17) is 5.73 Å². The Balaban J connectivity index is 2.62. The Morgan fingerprint density at radius 2 is 2.12 bits per heavy atom. The minimum Gasteiger partial charge on any atom is -0.326 e. The molecule has 1 aromatic rings. The molecule has 0 radical (unpaired) electrons. The van der Waals surface area contributed by atoms with Crippen LogP contribution >= 0.6 is 0 Å². The predicted octanol–water partition coefficient (Wildman–Crippen LogP) is 1.91. The lowest BCUT2D eigenvalue weighted by atomic mass is 10.0. The Labute approximate surface area is 96.3 Å². The maximum atomic E-state index is 11.8. The van der Waals surface area contributed by atoms with Gasteiger partial charge in [-0.2, -0.15) is 0 Å². The van der Waals surface area contributed by atoms with Gasteiger partial charge in [0.2, 0.25) is 5.91 Å². The normalized spacial score (nSPS) is 10.5. The molecule has 0 aromatic carbocycles. The lowest BCUT2D eigenvalue weighted by Gasteiger charge is -2.12. The monoisotopic (exact) mass is 221 g/mol. The van der Waals surface area contributed by atoms with Gasteiger partial charge in [0.1, 0.15) is 5.82 Å². The Bertz CT molecular complexity index is 331. The zero-order valence-electron chi connectivity index (χ0n) is 9.86. The van der Waals surface area contributed by atoms with E-state index in [0.29, 0.717) is 12.4 Å². The summed E-state index contributed by atoms with van der Waals surface area (Å²) in [7, 11) is 0. The van der Waals surface area contributed by atoms with Crippen LogP contribution in [0.3, 0.4) is 0 Å². The Kier molecular flexibility index (Phi) is 4.92. The number of carbonyl (C=O) groups is 1. The van der Waals surface area contributed by atoms with Crippen molar-refractivity contribution in [2.24, 2.45) is 11.7 Å². The molecule has 88 valence electrons. The largest absolute Gasteiger partial charge is 0.326 e. The van der Waals surface area contributed by atoms with E-state index < -0.39 is 0 Å². The van der Waals surface area contributed by atoms with Crippen molar-refractivity contribution < 1.29 is 4.79 Å². The van der Waals surface area contributed by atoms with E-state index in [2.05, 4.69) is 10.3 Å². The van der Waals surface area contributed by atoms with Gasteiger partial charge in [0, 0.05) is 18.7 Å². The minimum absolute atomic E-state index is 0.0398. The molecule has 0 aliphatic carbocycles. The average molecular weight is 221 g/mol. The highest BCUT2D eigenvalue weighted by Gasteiger charge is 2.14. The van der Waals surface area contributed by atoms with Gasteiger partial charge >= 0.3 is 0 Å². The van der Waals surface area contributed by atoms with E-state index in [0.717, 1.165) is 18.4 Å². The van der Waals surface area contributed by atoms with E-state index in [-0.39, 0.29) is 11.8 Å². The van der Waals surface area contributed by atoms with Crippen molar-refractivity contribution in [3.63, 3.8) is 0 Å². The number of pyridine rings is 1. The first-order chi connectivity index (χ1) is 7.71. The number of nitrogens with one attached hydrogen (secondary N) is 1. The summed E-state index contributed by atoms with van der Waals surface area (Å²) in [6, 6.07) is 3.65. The number of hydrogen-bond acceptors (Lipinski definition) is 3. The van der Waals surface area contributed by atoms with Crippen LogP contribution in [0.1, 0.15) is 32.3 Å². The molecule has 1 rings (SSSR count).